The molecule has 1 amide bonds. The highest BCUT2D eigenvalue weighted by Crippen LogP contribution is 2.34. The first-order valence-corrected chi connectivity index (χ1v) is 15.0. The predicted molar refractivity (Wildman–Crippen MR) is 153 cm³/mol. The maximum absolute atomic E-state index is 12.9. The lowest BCUT2D eigenvalue weighted by Crippen LogP contribution is -2.68. The number of aliphatic hydroxyl groups is 5. The van der Waals surface area contributed by atoms with Crippen molar-refractivity contribution in [3.63, 3.8) is 0 Å². The Morgan fingerprint density at radius 3 is 2.40 bits per heavy atom. The van der Waals surface area contributed by atoms with Gasteiger partial charge >= 0.3 is 0 Å². The van der Waals surface area contributed by atoms with Crippen LogP contribution in [0.5, 0.6) is 0 Å². The van der Waals surface area contributed by atoms with E-state index in [1.54, 1.807) is 13.8 Å². The van der Waals surface area contributed by atoms with E-state index in [9.17, 15) is 30.3 Å². The molecule has 1 saturated carbocycles. The Hall–Kier alpha value is -1.54. The maximum Gasteiger partial charge on any atom is 0.250 e. The van der Waals surface area contributed by atoms with Crippen LogP contribution in [0.1, 0.15) is 53.4 Å². The average Bonchev–Trinajstić information content (AvgIpc) is 2.96. The molecule has 2 heterocycles. The first-order valence-electron chi connectivity index (χ1n) is 15.0. The van der Waals surface area contributed by atoms with Crippen LogP contribution in [-0.4, -0.2) is 136 Å². The Bertz CT molecular complexity index is 931. The highest BCUT2D eigenvalue weighted by atomic mass is 16.7. The summed E-state index contributed by atoms with van der Waals surface area (Å²) in [7, 11) is 0. The minimum atomic E-state index is -1.52. The molecule has 3 aliphatic rings. The first-order chi connectivity index (χ1) is 20.1. The molecule has 2 saturated heterocycles. The fourth-order valence-corrected chi connectivity index (χ4v) is 5.47. The third-order valence-corrected chi connectivity index (χ3v) is 8.82. The summed E-state index contributed by atoms with van der Waals surface area (Å²) in [6.45, 7) is 6.45. The molecule has 0 bridgehead atoms. The molecule has 15 atom stereocenters. The number of carbonyl (C=O) groups is 1. The van der Waals surface area contributed by atoms with E-state index in [-0.39, 0.29) is 25.4 Å². The van der Waals surface area contributed by atoms with E-state index < -0.39 is 96.9 Å². The highest BCUT2D eigenvalue weighted by Gasteiger charge is 2.51. The van der Waals surface area contributed by atoms with Crippen molar-refractivity contribution < 1.29 is 49.3 Å². The van der Waals surface area contributed by atoms with Crippen molar-refractivity contribution in [3.05, 3.63) is 0 Å². The van der Waals surface area contributed by atoms with Gasteiger partial charge in [0.05, 0.1) is 30.4 Å². The number of aliphatic hydroxyl groups excluding tert-OH is 4. The van der Waals surface area contributed by atoms with Gasteiger partial charge in [-0.1, -0.05) is 13.8 Å². The third kappa shape index (κ3) is 8.80. The minimum Gasteiger partial charge on any atom is -0.388 e. The van der Waals surface area contributed by atoms with Gasteiger partial charge in [0.1, 0.15) is 42.5 Å². The second-order valence-electron chi connectivity index (χ2n) is 12.4. The van der Waals surface area contributed by atoms with Gasteiger partial charge in [-0.3, -0.25) is 10.2 Å². The monoisotopic (exact) mass is 620 g/mol. The fourth-order valence-electron chi connectivity index (χ4n) is 5.47. The number of amidine groups is 1. The lowest BCUT2D eigenvalue weighted by Gasteiger charge is -2.48. The number of hydrogen-bond donors (Lipinski definition) is 11. The lowest BCUT2D eigenvalue weighted by molar-refractivity contribution is -0.314. The molecule has 250 valence electrons. The number of ether oxygens (including phenoxy) is 4. The number of nitrogens with two attached hydrogens (primary N) is 3. The van der Waals surface area contributed by atoms with Crippen molar-refractivity contribution >= 4 is 11.7 Å². The summed E-state index contributed by atoms with van der Waals surface area (Å²) in [4.78, 5) is 12.9. The zero-order chi connectivity index (χ0) is 32.2. The maximum atomic E-state index is 12.9. The van der Waals surface area contributed by atoms with Gasteiger partial charge in [-0.25, -0.2) is 0 Å². The Morgan fingerprint density at radius 1 is 1.12 bits per heavy atom. The first kappa shape index (κ1) is 35.9. The van der Waals surface area contributed by atoms with Gasteiger partial charge in [0, 0.05) is 24.5 Å². The zero-order valence-electron chi connectivity index (χ0n) is 25.3. The predicted octanol–water partition coefficient (Wildman–Crippen LogP) is -3.68. The van der Waals surface area contributed by atoms with Gasteiger partial charge < -0.3 is 72.3 Å². The van der Waals surface area contributed by atoms with Gasteiger partial charge in [0.2, 0.25) is 0 Å². The van der Waals surface area contributed by atoms with Crippen LogP contribution in [0.2, 0.25) is 0 Å². The smallest absolute Gasteiger partial charge is 0.250 e. The van der Waals surface area contributed by atoms with Gasteiger partial charge in [-0.05, 0) is 39.5 Å². The van der Waals surface area contributed by atoms with E-state index >= 15 is 0 Å². The number of amides is 1. The largest absolute Gasteiger partial charge is 0.388 e. The summed E-state index contributed by atoms with van der Waals surface area (Å²) in [5.74, 6) is -1.47. The summed E-state index contributed by atoms with van der Waals surface area (Å²) in [6.07, 6.45) is -8.70. The standard InChI is InChI=1S/C27H52N6O10/c1-5-14(28)19(36)24(38)33-17-8-16(30)21(20(37)22(17)43-26-18(35)11(2)27(4,39)10-40-26)42-25-15(29)7-6-13(41-25)9-32-23(31)12(3)34/h11-22,25-26,34-37,39H,5-10,28-30H2,1-4H3,(H2,31,32)(H,33,38)/t11-,12?,13+,14-,15?,16+,17-,18?,19+,20?,21?,22?,25-,26-,27?/m1/s1. The quantitative estimate of drug-likeness (QED) is 0.0784. The Kier molecular flexibility index (Phi) is 12.7. The van der Waals surface area contributed by atoms with Gasteiger partial charge in [-0.15, -0.1) is 0 Å². The van der Waals surface area contributed by atoms with Crippen molar-refractivity contribution in [2.45, 2.75) is 138 Å². The molecular weight excluding hydrogens is 568 g/mol. The van der Waals surface area contributed by atoms with Gasteiger partial charge in [0.15, 0.2) is 12.6 Å². The fraction of sp³-hybridized carbons (Fsp3) is 0.926. The number of rotatable bonds is 11. The molecule has 1 aliphatic carbocycles. The molecule has 0 spiro atoms. The lowest BCUT2D eigenvalue weighted by atomic mass is 9.82. The average molecular weight is 621 g/mol. The van der Waals surface area contributed by atoms with Crippen LogP contribution in [0.15, 0.2) is 0 Å². The molecule has 14 N–H and O–H groups in total. The van der Waals surface area contributed by atoms with Crippen LogP contribution in [0.4, 0.5) is 0 Å². The van der Waals surface area contributed by atoms with Gasteiger partial charge in [0.25, 0.3) is 5.91 Å². The van der Waals surface area contributed by atoms with Crippen LogP contribution in [0.25, 0.3) is 0 Å². The molecule has 3 rings (SSSR count). The van der Waals surface area contributed by atoms with E-state index in [1.165, 1.54) is 13.8 Å². The minimum absolute atomic E-state index is 0.0425. The van der Waals surface area contributed by atoms with Crippen molar-refractivity contribution in [1.29, 1.82) is 5.41 Å². The molecule has 7 unspecified atom stereocenters. The SMILES string of the molecule is CC[C@@H](N)[C@H](O)C(=O)N[C@@H]1C[C@H](N)C(O[C@H]2O[C@H](CNC(=N)C(C)O)CCC2N)C(O)C1O[C@H]1OCC(C)(O)[C@H](C)C1O. The number of carbonyl (C=O) groups excluding carboxylic acids is 1. The molecule has 0 aromatic rings. The van der Waals surface area contributed by atoms with Crippen LogP contribution in [-0.2, 0) is 23.7 Å². The summed E-state index contributed by atoms with van der Waals surface area (Å²) in [5, 5.41) is 66.1. The molecule has 2 aliphatic heterocycles. The molecule has 0 radical (unpaired) electrons. The Labute approximate surface area is 252 Å². The summed E-state index contributed by atoms with van der Waals surface area (Å²) in [5.41, 5.74) is 17.3. The number of nitrogens with one attached hydrogen (secondary N) is 3. The van der Waals surface area contributed by atoms with E-state index in [4.69, 9.17) is 41.6 Å². The second-order valence-corrected chi connectivity index (χ2v) is 12.4. The molecule has 16 nitrogen and oxygen atoms in total. The van der Waals surface area contributed by atoms with E-state index in [0.29, 0.717) is 19.3 Å². The topological polar surface area (TPSA) is 281 Å². The normalized spacial score (nSPS) is 42.5. The molecule has 16 heteroatoms. The third-order valence-electron chi connectivity index (χ3n) is 8.82. The van der Waals surface area contributed by atoms with Crippen LogP contribution < -0.4 is 27.8 Å². The van der Waals surface area contributed by atoms with E-state index in [0.717, 1.165) is 0 Å². The van der Waals surface area contributed by atoms with Crippen LogP contribution in [0, 0.1) is 11.3 Å². The summed E-state index contributed by atoms with van der Waals surface area (Å²) < 4.78 is 23.9. The highest BCUT2D eigenvalue weighted by molar-refractivity contribution is 5.82. The molecular formula is C27H52N6O10. The van der Waals surface area contributed by atoms with Crippen LogP contribution >= 0.6 is 0 Å². The summed E-state index contributed by atoms with van der Waals surface area (Å²) in [6, 6.07) is -3.15. The summed E-state index contributed by atoms with van der Waals surface area (Å²) >= 11 is 0. The second kappa shape index (κ2) is 15.2. The van der Waals surface area contributed by atoms with Crippen molar-refractivity contribution in [2.75, 3.05) is 13.2 Å². The molecule has 0 aromatic heterocycles. The molecule has 43 heavy (non-hydrogen) atoms. The zero-order valence-corrected chi connectivity index (χ0v) is 25.3. The van der Waals surface area contributed by atoms with Gasteiger partial charge in [-0.2, -0.15) is 0 Å². The van der Waals surface area contributed by atoms with E-state index in [2.05, 4.69) is 10.6 Å². The molecule has 3 fully saturated rings. The van der Waals surface area contributed by atoms with Crippen molar-refractivity contribution in [3.8, 4) is 0 Å². The Morgan fingerprint density at radius 2 is 1.77 bits per heavy atom. The van der Waals surface area contributed by atoms with E-state index in [1.807, 2.05) is 0 Å². The van der Waals surface area contributed by atoms with Crippen molar-refractivity contribution in [2.24, 2.45) is 23.1 Å². The van der Waals surface area contributed by atoms with Crippen molar-refractivity contribution in [1.82, 2.24) is 10.6 Å². The molecule has 0 aromatic carbocycles. The number of hydrogen-bond acceptors (Lipinski definition) is 14. The van der Waals surface area contributed by atoms with Crippen LogP contribution in [0.3, 0.4) is 0 Å². The Balaban J connectivity index is 1.78.